The molecule has 2 amide bonds. The largest absolute Gasteiger partial charge is 0.372 e. The molecule has 2 rings (SSSR count). The van der Waals surface area contributed by atoms with E-state index >= 15 is 0 Å². The van der Waals surface area contributed by atoms with Crippen LogP contribution in [0.2, 0.25) is 5.02 Å². The van der Waals surface area contributed by atoms with Crippen molar-refractivity contribution in [3.05, 3.63) is 64.7 Å². The summed E-state index contributed by atoms with van der Waals surface area (Å²) in [7, 11) is -0.958. The minimum Gasteiger partial charge on any atom is -0.372 e. The minimum absolute atomic E-state index is 0.212. The van der Waals surface area contributed by atoms with E-state index in [-0.39, 0.29) is 12.3 Å². The normalized spacial score (nSPS) is 10.9. The van der Waals surface area contributed by atoms with Gasteiger partial charge in [0.15, 0.2) is 0 Å². The maximum Gasteiger partial charge on any atom is 0.255 e. The van der Waals surface area contributed by atoms with Crippen LogP contribution in [0.3, 0.4) is 0 Å². The number of halogens is 1. The van der Waals surface area contributed by atoms with Gasteiger partial charge in [-0.3, -0.25) is 13.8 Å². The van der Waals surface area contributed by atoms with E-state index in [1.807, 2.05) is 18.2 Å². The molecule has 23 heavy (non-hydrogen) atoms. The van der Waals surface area contributed by atoms with Crippen LogP contribution in [-0.4, -0.2) is 22.8 Å². The zero-order valence-electron chi connectivity index (χ0n) is 12.5. The van der Waals surface area contributed by atoms with Crippen molar-refractivity contribution in [2.24, 2.45) is 5.73 Å². The fourth-order valence-corrected chi connectivity index (χ4v) is 2.60. The third-order valence-corrected chi connectivity index (χ3v) is 3.70. The van der Waals surface area contributed by atoms with Gasteiger partial charge >= 0.3 is 0 Å². The first kappa shape index (κ1) is 18.9. The van der Waals surface area contributed by atoms with Crippen molar-refractivity contribution < 1.29 is 13.8 Å². The van der Waals surface area contributed by atoms with Crippen molar-refractivity contribution in [1.82, 2.24) is 0 Å². The number of amides is 2. The zero-order valence-corrected chi connectivity index (χ0v) is 14.1. The Morgan fingerprint density at radius 3 is 2.35 bits per heavy atom. The molecule has 0 heterocycles. The van der Waals surface area contributed by atoms with E-state index < -0.39 is 10.8 Å². The van der Waals surface area contributed by atoms with Gasteiger partial charge in [0, 0.05) is 33.3 Å². The fourth-order valence-electron chi connectivity index (χ4n) is 1.78. The quantitative estimate of drug-likeness (QED) is 0.829. The summed E-state index contributed by atoms with van der Waals surface area (Å²) in [6.45, 7) is 0. The summed E-state index contributed by atoms with van der Waals surface area (Å²) in [4.78, 5) is 20.7. The van der Waals surface area contributed by atoms with E-state index in [1.54, 1.807) is 36.6 Å². The molecule has 2 aromatic rings. The summed E-state index contributed by atoms with van der Waals surface area (Å²) in [6.07, 6.45) is 1.89. The first-order chi connectivity index (χ1) is 11.0. The van der Waals surface area contributed by atoms with E-state index in [9.17, 15) is 9.00 Å². The fraction of sp³-hybridized carbons (Fsp3) is 0.125. The van der Waals surface area contributed by atoms with Crippen LogP contribution < -0.4 is 11.1 Å². The molecule has 5 nitrogen and oxygen atoms in total. The van der Waals surface area contributed by atoms with Crippen LogP contribution in [0, 0.1) is 0 Å². The van der Waals surface area contributed by atoms with Crippen LogP contribution in [-0.2, 0) is 21.3 Å². The van der Waals surface area contributed by atoms with E-state index in [0.29, 0.717) is 22.0 Å². The number of para-hydroxylation sites is 1. The van der Waals surface area contributed by atoms with Gasteiger partial charge in [0.1, 0.15) is 0 Å². The number of nitrogens with one attached hydrogen (secondary N) is 1. The lowest BCUT2D eigenvalue weighted by molar-refractivity contribution is -0.106. The number of primary amides is 1. The third-order valence-electron chi connectivity index (χ3n) is 2.73. The summed E-state index contributed by atoms with van der Waals surface area (Å²) < 4.78 is 11.3. The lowest BCUT2D eigenvalue weighted by Crippen LogP contribution is -2.13. The average molecular weight is 353 g/mol. The van der Waals surface area contributed by atoms with Crippen LogP contribution in [0.4, 0.5) is 5.69 Å². The second-order valence-electron chi connectivity index (χ2n) is 4.47. The number of carbonyl (C=O) groups is 2. The molecule has 1 unspecified atom stereocenters. The zero-order chi connectivity index (χ0) is 17.2. The molecule has 7 heteroatoms. The van der Waals surface area contributed by atoms with Crippen molar-refractivity contribution in [1.29, 1.82) is 0 Å². The molecule has 0 aliphatic heterocycles. The van der Waals surface area contributed by atoms with Gasteiger partial charge in [0.05, 0.1) is 5.75 Å². The Kier molecular flexibility index (Phi) is 8.01. The highest BCUT2D eigenvalue weighted by Gasteiger charge is 2.09. The van der Waals surface area contributed by atoms with Crippen LogP contribution in [0.25, 0.3) is 0 Å². The Hall–Kier alpha value is -2.18. The first-order valence-electron chi connectivity index (χ1n) is 6.58. The van der Waals surface area contributed by atoms with Gasteiger partial charge < -0.3 is 11.1 Å². The molecule has 0 aromatic heterocycles. The highest BCUT2D eigenvalue weighted by atomic mass is 35.5. The van der Waals surface area contributed by atoms with E-state index in [0.717, 1.165) is 5.56 Å². The second kappa shape index (κ2) is 9.76. The molecule has 0 spiro atoms. The first-order valence-corrected chi connectivity index (χ1v) is 8.68. The molecule has 0 aliphatic rings. The number of hydrogen-bond acceptors (Lipinski definition) is 3. The summed E-state index contributed by atoms with van der Waals surface area (Å²) in [6, 6.07) is 14.0. The predicted molar refractivity (Wildman–Crippen MR) is 93.9 cm³/mol. The molecule has 0 bridgehead atoms. The standard InChI is InChI=1S/C15H14ClNO2S.CH3NO/c1-20(19)10-12-4-2-3-5-14(12)17-15(18)11-6-8-13(16)9-7-11;2-1-3/h2-9H,10H2,1H3,(H,17,18);1H,(H2,2,3). The number of rotatable bonds is 4. The maximum absolute atomic E-state index is 12.1. The number of nitrogens with two attached hydrogens (primary N) is 1. The van der Waals surface area contributed by atoms with Gasteiger partial charge in [0.2, 0.25) is 6.41 Å². The van der Waals surface area contributed by atoms with E-state index in [4.69, 9.17) is 16.4 Å². The van der Waals surface area contributed by atoms with Gasteiger partial charge in [-0.15, -0.1) is 0 Å². The lowest BCUT2D eigenvalue weighted by Gasteiger charge is -2.10. The topological polar surface area (TPSA) is 89.3 Å². The Morgan fingerprint density at radius 2 is 1.78 bits per heavy atom. The van der Waals surface area contributed by atoms with Crippen molar-refractivity contribution in [2.75, 3.05) is 11.6 Å². The molecule has 0 saturated heterocycles. The molecule has 0 aliphatic carbocycles. The summed E-state index contributed by atoms with van der Waals surface area (Å²) in [5.74, 6) is 0.202. The van der Waals surface area contributed by atoms with Crippen molar-refractivity contribution in [3.63, 3.8) is 0 Å². The van der Waals surface area contributed by atoms with Crippen molar-refractivity contribution >= 4 is 40.4 Å². The smallest absolute Gasteiger partial charge is 0.255 e. The Bertz CT molecular complexity index is 690. The molecule has 0 fully saturated rings. The summed E-state index contributed by atoms with van der Waals surface area (Å²) >= 11 is 5.79. The lowest BCUT2D eigenvalue weighted by atomic mass is 10.1. The van der Waals surface area contributed by atoms with E-state index in [2.05, 4.69) is 11.1 Å². The average Bonchev–Trinajstić information content (AvgIpc) is 2.50. The van der Waals surface area contributed by atoms with Gasteiger partial charge in [-0.05, 0) is 35.9 Å². The Labute approximate surface area is 142 Å². The number of hydrogen-bond donors (Lipinski definition) is 2. The van der Waals surface area contributed by atoms with Crippen molar-refractivity contribution in [3.8, 4) is 0 Å². The Morgan fingerprint density at radius 1 is 1.22 bits per heavy atom. The van der Waals surface area contributed by atoms with E-state index in [1.165, 1.54) is 0 Å². The number of anilines is 1. The van der Waals surface area contributed by atoms with Gasteiger partial charge in [-0.2, -0.15) is 0 Å². The predicted octanol–water partition coefficient (Wildman–Crippen LogP) is 2.57. The maximum atomic E-state index is 12.1. The summed E-state index contributed by atoms with van der Waals surface area (Å²) in [5.41, 5.74) is 6.24. The molecular weight excluding hydrogens is 336 g/mol. The Balaban J connectivity index is 0.000000816. The monoisotopic (exact) mass is 352 g/mol. The molecular formula is C16H17ClN2O3S. The molecule has 122 valence electrons. The second-order valence-corrected chi connectivity index (χ2v) is 6.34. The SMILES string of the molecule is CS(=O)Cc1ccccc1NC(=O)c1ccc(Cl)cc1.NC=O. The molecule has 1 atom stereocenters. The van der Waals surface area contributed by atoms with Gasteiger partial charge in [-0.1, -0.05) is 29.8 Å². The van der Waals surface area contributed by atoms with Crippen LogP contribution in [0.1, 0.15) is 15.9 Å². The number of carbonyl (C=O) groups excluding carboxylic acids is 2. The highest BCUT2D eigenvalue weighted by molar-refractivity contribution is 7.83. The molecule has 3 N–H and O–H groups in total. The van der Waals surface area contributed by atoms with Crippen LogP contribution in [0.5, 0.6) is 0 Å². The highest BCUT2D eigenvalue weighted by Crippen LogP contribution is 2.18. The molecule has 0 saturated carbocycles. The van der Waals surface area contributed by atoms with Gasteiger partial charge in [0.25, 0.3) is 5.91 Å². The molecule has 2 aromatic carbocycles. The summed E-state index contributed by atoms with van der Waals surface area (Å²) in [5, 5.41) is 3.42. The molecule has 0 radical (unpaired) electrons. The van der Waals surface area contributed by atoms with Crippen LogP contribution >= 0.6 is 11.6 Å². The van der Waals surface area contributed by atoms with Crippen LogP contribution in [0.15, 0.2) is 48.5 Å². The number of benzene rings is 2. The minimum atomic E-state index is -0.958. The van der Waals surface area contributed by atoms with Gasteiger partial charge in [-0.25, -0.2) is 0 Å². The third kappa shape index (κ3) is 6.63. The van der Waals surface area contributed by atoms with Crippen molar-refractivity contribution in [2.45, 2.75) is 5.75 Å².